The molecule has 0 fully saturated rings. The van der Waals surface area contributed by atoms with Gasteiger partial charge >= 0.3 is 0 Å². The molecule has 1 aromatic heterocycles. The lowest BCUT2D eigenvalue weighted by Crippen LogP contribution is -2.04. The summed E-state index contributed by atoms with van der Waals surface area (Å²) in [5.41, 5.74) is 5.87. The van der Waals surface area contributed by atoms with Crippen LogP contribution in [0.3, 0.4) is 0 Å². The molecule has 58 valence electrons. The molecule has 1 rings (SSSR count). The molecule has 5 heteroatoms. The number of aromatic nitrogens is 2. The van der Waals surface area contributed by atoms with Crippen LogP contribution in [0.15, 0.2) is 6.20 Å². The van der Waals surface area contributed by atoms with Gasteiger partial charge in [-0.25, -0.2) is 4.39 Å². The number of anilines is 1. The van der Waals surface area contributed by atoms with Gasteiger partial charge in [0.05, 0.1) is 18.4 Å². The monoisotopic (exact) mass is 154 g/mol. The molecule has 0 aliphatic rings. The van der Waals surface area contributed by atoms with Crippen LogP contribution in [-0.2, 0) is 6.54 Å². The zero-order valence-corrected chi connectivity index (χ0v) is 5.79. The smallest absolute Gasteiger partial charge is 0.161 e. The van der Waals surface area contributed by atoms with Crippen LogP contribution >= 0.6 is 0 Å². The molecule has 0 saturated heterocycles. The third kappa shape index (κ3) is 1.29. The molecule has 11 heavy (non-hydrogen) atoms. The number of alkyl halides is 1. The minimum Gasteiger partial charge on any atom is -0.395 e. The molecule has 0 amide bonds. The highest BCUT2D eigenvalue weighted by Crippen LogP contribution is 2.07. The zero-order chi connectivity index (χ0) is 8.27. The third-order valence-corrected chi connectivity index (χ3v) is 1.27. The number of aryl methyl sites for hydroxylation is 1. The highest BCUT2D eigenvalue weighted by atomic mass is 19.1. The Kier molecular flexibility index (Phi) is 2.06. The van der Waals surface area contributed by atoms with Gasteiger partial charge in [-0.2, -0.15) is 10.4 Å². The first kappa shape index (κ1) is 7.54. The van der Waals surface area contributed by atoms with E-state index in [1.54, 1.807) is 0 Å². The zero-order valence-electron chi connectivity index (χ0n) is 5.79. The van der Waals surface area contributed by atoms with Crippen molar-refractivity contribution < 1.29 is 4.39 Å². The molecule has 0 aliphatic carbocycles. The fourth-order valence-corrected chi connectivity index (χ4v) is 0.772. The van der Waals surface area contributed by atoms with E-state index in [-0.39, 0.29) is 12.2 Å². The van der Waals surface area contributed by atoms with E-state index in [1.807, 2.05) is 6.07 Å². The van der Waals surface area contributed by atoms with E-state index in [9.17, 15) is 4.39 Å². The maximum atomic E-state index is 11.8. The fraction of sp³-hybridized carbons (Fsp3) is 0.333. The summed E-state index contributed by atoms with van der Waals surface area (Å²) in [6, 6.07) is 1.84. The standard InChI is InChI=1S/C6H7FN4/c7-1-2-11-6(3-8)5(9)4-10-11/h4H,1-2,9H2. The lowest BCUT2D eigenvalue weighted by atomic mass is 10.4. The van der Waals surface area contributed by atoms with Crippen molar-refractivity contribution in [3.8, 4) is 6.07 Å². The molecule has 0 atom stereocenters. The molecule has 4 nitrogen and oxygen atoms in total. The summed E-state index contributed by atoms with van der Waals surface area (Å²) < 4.78 is 13.0. The Hall–Kier alpha value is -1.57. The average molecular weight is 154 g/mol. The number of hydrogen-bond donors (Lipinski definition) is 1. The molecule has 0 radical (unpaired) electrons. The van der Waals surface area contributed by atoms with Gasteiger partial charge in [0.15, 0.2) is 5.69 Å². The van der Waals surface area contributed by atoms with Gasteiger partial charge in [0.25, 0.3) is 0 Å². The van der Waals surface area contributed by atoms with Crippen molar-refractivity contribution in [3.05, 3.63) is 11.9 Å². The molecular weight excluding hydrogens is 147 g/mol. The Morgan fingerprint density at radius 3 is 3.09 bits per heavy atom. The second kappa shape index (κ2) is 3.01. The second-order valence-corrected chi connectivity index (χ2v) is 1.97. The van der Waals surface area contributed by atoms with Crippen molar-refractivity contribution in [2.75, 3.05) is 12.4 Å². The van der Waals surface area contributed by atoms with Gasteiger partial charge in [-0.15, -0.1) is 0 Å². The van der Waals surface area contributed by atoms with Gasteiger partial charge in [-0.05, 0) is 0 Å². The first-order chi connectivity index (χ1) is 5.29. The molecule has 2 N–H and O–H groups in total. The predicted molar refractivity (Wildman–Crippen MR) is 37.3 cm³/mol. The van der Waals surface area contributed by atoms with Crippen LogP contribution in [-0.4, -0.2) is 16.5 Å². The summed E-state index contributed by atoms with van der Waals surface area (Å²) in [6.45, 7) is -0.462. The summed E-state index contributed by atoms with van der Waals surface area (Å²) in [6.07, 6.45) is 1.34. The molecule has 0 saturated carbocycles. The maximum Gasteiger partial charge on any atom is 0.161 e. The Balaban J connectivity index is 2.98. The Morgan fingerprint density at radius 2 is 2.55 bits per heavy atom. The number of rotatable bonds is 2. The van der Waals surface area contributed by atoms with Crippen molar-refractivity contribution in [1.29, 1.82) is 5.26 Å². The topological polar surface area (TPSA) is 67.6 Å². The number of nitrogens with zero attached hydrogens (tertiary/aromatic N) is 3. The molecule has 0 bridgehead atoms. The van der Waals surface area contributed by atoms with Crippen molar-refractivity contribution in [2.24, 2.45) is 0 Å². The normalized spacial score (nSPS) is 9.45. The van der Waals surface area contributed by atoms with Crippen LogP contribution in [0, 0.1) is 11.3 Å². The van der Waals surface area contributed by atoms with Crippen LogP contribution in [0.25, 0.3) is 0 Å². The van der Waals surface area contributed by atoms with E-state index in [4.69, 9.17) is 11.0 Å². The van der Waals surface area contributed by atoms with Crippen LogP contribution in [0.1, 0.15) is 5.69 Å². The van der Waals surface area contributed by atoms with Gasteiger partial charge in [-0.3, -0.25) is 4.68 Å². The average Bonchev–Trinajstić information content (AvgIpc) is 2.33. The SMILES string of the molecule is N#Cc1c(N)cnn1CCF. The molecule has 1 heterocycles. The van der Waals surface area contributed by atoms with E-state index in [2.05, 4.69) is 5.10 Å². The fourth-order valence-electron chi connectivity index (χ4n) is 0.772. The molecular formula is C6H7FN4. The van der Waals surface area contributed by atoms with Crippen molar-refractivity contribution >= 4 is 5.69 Å². The van der Waals surface area contributed by atoms with Crippen molar-refractivity contribution in [1.82, 2.24) is 9.78 Å². The van der Waals surface area contributed by atoms with Gasteiger partial charge in [-0.1, -0.05) is 0 Å². The van der Waals surface area contributed by atoms with Crippen LogP contribution in [0.5, 0.6) is 0 Å². The number of nitrogens with two attached hydrogens (primary N) is 1. The largest absolute Gasteiger partial charge is 0.395 e. The molecule has 0 spiro atoms. The summed E-state index contributed by atoms with van der Waals surface area (Å²) in [5, 5.41) is 12.2. The van der Waals surface area contributed by atoms with Crippen LogP contribution < -0.4 is 5.73 Å². The predicted octanol–water partition coefficient (Wildman–Crippen LogP) is 0.306. The van der Waals surface area contributed by atoms with Crippen LogP contribution in [0.2, 0.25) is 0 Å². The Morgan fingerprint density at radius 1 is 1.82 bits per heavy atom. The van der Waals surface area contributed by atoms with Gasteiger partial charge in [0.2, 0.25) is 0 Å². The van der Waals surface area contributed by atoms with E-state index < -0.39 is 6.67 Å². The molecule has 1 aromatic rings. The number of halogens is 1. The van der Waals surface area contributed by atoms with E-state index in [0.717, 1.165) is 0 Å². The maximum absolute atomic E-state index is 11.8. The third-order valence-electron chi connectivity index (χ3n) is 1.27. The first-order valence-corrected chi connectivity index (χ1v) is 3.07. The minimum atomic E-state index is -0.546. The highest BCUT2D eigenvalue weighted by Gasteiger charge is 2.05. The summed E-state index contributed by atoms with van der Waals surface area (Å²) in [4.78, 5) is 0. The number of nitrogen functional groups attached to an aromatic ring is 1. The van der Waals surface area contributed by atoms with E-state index >= 15 is 0 Å². The Bertz CT molecular complexity index is 285. The second-order valence-electron chi connectivity index (χ2n) is 1.97. The highest BCUT2D eigenvalue weighted by molar-refractivity contribution is 5.48. The lowest BCUT2D eigenvalue weighted by molar-refractivity contribution is 0.425. The molecule has 0 aromatic carbocycles. The number of hydrogen-bond acceptors (Lipinski definition) is 3. The lowest BCUT2D eigenvalue weighted by Gasteiger charge is -1.96. The Labute approximate surface area is 63.0 Å². The van der Waals surface area contributed by atoms with Gasteiger partial charge in [0.1, 0.15) is 12.7 Å². The van der Waals surface area contributed by atoms with Crippen molar-refractivity contribution in [2.45, 2.75) is 6.54 Å². The summed E-state index contributed by atoms with van der Waals surface area (Å²) in [5.74, 6) is 0. The number of nitriles is 1. The van der Waals surface area contributed by atoms with E-state index in [0.29, 0.717) is 5.69 Å². The molecule has 0 unspecified atom stereocenters. The minimum absolute atomic E-state index is 0.0834. The molecule has 0 aliphatic heterocycles. The van der Waals surface area contributed by atoms with Gasteiger partial charge in [0, 0.05) is 0 Å². The first-order valence-electron chi connectivity index (χ1n) is 3.07. The quantitative estimate of drug-likeness (QED) is 0.666. The summed E-state index contributed by atoms with van der Waals surface area (Å²) >= 11 is 0. The summed E-state index contributed by atoms with van der Waals surface area (Å²) in [7, 11) is 0. The van der Waals surface area contributed by atoms with Crippen molar-refractivity contribution in [3.63, 3.8) is 0 Å². The van der Waals surface area contributed by atoms with E-state index in [1.165, 1.54) is 10.9 Å². The van der Waals surface area contributed by atoms with Gasteiger partial charge < -0.3 is 5.73 Å². The van der Waals surface area contributed by atoms with Crippen LogP contribution in [0.4, 0.5) is 10.1 Å².